The average molecular weight is 428 g/mol. The first kappa shape index (κ1) is 22.4. The molecule has 0 fully saturated rings. The first-order valence-electron chi connectivity index (χ1n) is 11.0. The number of carbonyl (C=O) groups is 1. The van der Waals surface area contributed by atoms with Gasteiger partial charge < -0.3 is 14.4 Å². The molecule has 2 aromatic rings. The van der Waals surface area contributed by atoms with Crippen LogP contribution < -0.4 is 4.90 Å². The maximum atomic E-state index is 12.8. The van der Waals surface area contributed by atoms with Crippen LogP contribution in [-0.4, -0.2) is 51.0 Å². The first-order chi connectivity index (χ1) is 14.6. The van der Waals surface area contributed by atoms with Gasteiger partial charge in [0, 0.05) is 43.6 Å². The lowest BCUT2D eigenvalue weighted by atomic mass is 10.0. The minimum absolute atomic E-state index is 0.142. The molecule has 1 aliphatic carbocycles. The Morgan fingerprint density at radius 1 is 1.07 bits per heavy atom. The summed E-state index contributed by atoms with van der Waals surface area (Å²) in [4.78, 5) is 17.0. The highest BCUT2D eigenvalue weighted by molar-refractivity contribution is 7.99. The maximum Gasteiger partial charge on any atom is 0.237 e. The molecule has 3 rings (SSSR count). The molecule has 30 heavy (non-hydrogen) atoms. The van der Waals surface area contributed by atoms with Crippen LogP contribution in [0, 0.1) is 0 Å². The number of hydrogen-bond donors (Lipinski definition) is 0. The molecule has 0 aliphatic heterocycles. The molecule has 1 heterocycles. The molecule has 0 bridgehead atoms. The van der Waals surface area contributed by atoms with E-state index in [1.165, 1.54) is 36.0 Å². The van der Waals surface area contributed by atoms with Crippen molar-refractivity contribution in [3.8, 4) is 11.4 Å². The molecule has 7 heteroatoms. The molecule has 1 aliphatic rings. The van der Waals surface area contributed by atoms with E-state index in [0.717, 1.165) is 42.5 Å². The van der Waals surface area contributed by atoms with Crippen LogP contribution in [-0.2, 0) is 11.8 Å². The third-order valence-corrected chi connectivity index (χ3v) is 6.65. The number of anilines is 1. The Kier molecular flexibility index (Phi) is 7.96. The second kappa shape index (κ2) is 10.7. The number of thioether (sulfide) groups is 1. The van der Waals surface area contributed by atoms with Gasteiger partial charge in [0.15, 0.2) is 11.0 Å². The van der Waals surface area contributed by atoms with Gasteiger partial charge in [0.1, 0.15) is 0 Å². The van der Waals surface area contributed by atoms with Crippen molar-refractivity contribution < 1.29 is 4.79 Å². The van der Waals surface area contributed by atoms with Crippen LogP contribution in [0.1, 0.15) is 46.5 Å². The van der Waals surface area contributed by atoms with Crippen molar-refractivity contribution in [3.63, 3.8) is 0 Å². The fourth-order valence-corrected chi connectivity index (χ4v) is 4.70. The second-order valence-corrected chi connectivity index (χ2v) is 8.39. The van der Waals surface area contributed by atoms with Crippen LogP contribution in [0.5, 0.6) is 0 Å². The SMILES string of the molecule is CCN(C(=O)CSc1nnc(-c2ccc(N(CC)CC)cc2)n1C)C1=CCCCC1. The van der Waals surface area contributed by atoms with Crippen molar-refractivity contribution in [1.82, 2.24) is 19.7 Å². The van der Waals surface area contributed by atoms with E-state index in [-0.39, 0.29) is 5.91 Å². The lowest BCUT2D eigenvalue weighted by Crippen LogP contribution is -2.32. The molecular weight excluding hydrogens is 394 g/mol. The predicted molar refractivity (Wildman–Crippen MR) is 125 cm³/mol. The first-order valence-corrected chi connectivity index (χ1v) is 11.9. The van der Waals surface area contributed by atoms with E-state index in [1.807, 2.05) is 23.4 Å². The van der Waals surface area contributed by atoms with Gasteiger partial charge >= 0.3 is 0 Å². The highest BCUT2D eigenvalue weighted by atomic mass is 32.2. The molecule has 0 atom stereocenters. The van der Waals surface area contributed by atoms with Crippen molar-refractivity contribution in [2.75, 3.05) is 30.3 Å². The molecule has 0 unspecified atom stereocenters. The number of hydrogen-bond acceptors (Lipinski definition) is 5. The van der Waals surface area contributed by atoms with E-state index < -0.39 is 0 Å². The van der Waals surface area contributed by atoms with Gasteiger partial charge in [0.2, 0.25) is 5.91 Å². The minimum Gasteiger partial charge on any atom is -0.372 e. The lowest BCUT2D eigenvalue weighted by Gasteiger charge is -2.26. The van der Waals surface area contributed by atoms with Crippen LogP contribution in [0.25, 0.3) is 11.4 Å². The van der Waals surface area contributed by atoms with Crippen molar-refractivity contribution >= 4 is 23.4 Å². The third-order valence-electron chi connectivity index (χ3n) is 5.64. The van der Waals surface area contributed by atoms with Crippen molar-refractivity contribution in [2.45, 2.75) is 51.6 Å². The fraction of sp³-hybridized carbons (Fsp3) is 0.522. The number of carbonyl (C=O) groups excluding carboxylic acids is 1. The van der Waals surface area contributed by atoms with Crippen LogP contribution in [0.2, 0.25) is 0 Å². The monoisotopic (exact) mass is 427 g/mol. The highest BCUT2D eigenvalue weighted by Crippen LogP contribution is 2.26. The number of nitrogens with zero attached hydrogens (tertiary/aromatic N) is 5. The molecule has 162 valence electrons. The Hall–Kier alpha value is -2.28. The summed E-state index contributed by atoms with van der Waals surface area (Å²) in [5.74, 6) is 1.33. The normalized spacial score (nSPS) is 13.8. The lowest BCUT2D eigenvalue weighted by molar-refractivity contribution is -0.126. The maximum absolute atomic E-state index is 12.8. The van der Waals surface area contributed by atoms with Crippen molar-refractivity contribution in [1.29, 1.82) is 0 Å². The number of amides is 1. The molecule has 1 aromatic carbocycles. The van der Waals surface area contributed by atoms with Gasteiger partial charge in [-0.2, -0.15) is 0 Å². The van der Waals surface area contributed by atoms with E-state index in [0.29, 0.717) is 12.3 Å². The van der Waals surface area contributed by atoms with E-state index >= 15 is 0 Å². The second-order valence-electron chi connectivity index (χ2n) is 7.45. The quantitative estimate of drug-likeness (QED) is 0.542. The Morgan fingerprint density at radius 3 is 2.40 bits per heavy atom. The van der Waals surface area contributed by atoms with Gasteiger partial charge in [0.05, 0.1) is 5.75 Å². The third kappa shape index (κ3) is 5.06. The summed E-state index contributed by atoms with van der Waals surface area (Å²) >= 11 is 1.46. The summed E-state index contributed by atoms with van der Waals surface area (Å²) in [6, 6.07) is 8.44. The zero-order valence-electron chi connectivity index (χ0n) is 18.6. The topological polar surface area (TPSA) is 54.3 Å². The molecule has 0 radical (unpaired) electrons. The standard InChI is InChI=1S/C23H33N5OS/c1-5-27(6-2)19-15-13-18(14-16-19)22-24-25-23(26(22)4)30-17-21(29)28(7-3)20-11-9-8-10-12-20/h11,13-16H,5-10,12,17H2,1-4H3. The zero-order chi connectivity index (χ0) is 21.5. The van der Waals surface area contributed by atoms with Gasteiger partial charge in [-0.1, -0.05) is 17.8 Å². The van der Waals surface area contributed by atoms with E-state index in [4.69, 9.17) is 0 Å². The molecule has 1 aromatic heterocycles. The number of allylic oxidation sites excluding steroid dienone is 2. The molecule has 6 nitrogen and oxygen atoms in total. The van der Waals surface area contributed by atoms with Gasteiger partial charge in [-0.15, -0.1) is 10.2 Å². The Bertz CT molecular complexity index is 870. The van der Waals surface area contributed by atoms with Crippen LogP contribution >= 0.6 is 11.8 Å². The van der Waals surface area contributed by atoms with Crippen LogP contribution in [0.3, 0.4) is 0 Å². The summed E-state index contributed by atoms with van der Waals surface area (Å²) in [5.41, 5.74) is 3.42. The molecule has 0 saturated heterocycles. The Labute approximate surface area is 184 Å². The van der Waals surface area contributed by atoms with E-state index in [9.17, 15) is 4.79 Å². The minimum atomic E-state index is 0.142. The van der Waals surface area contributed by atoms with Crippen molar-refractivity contribution in [2.24, 2.45) is 7.05 Å². The largest absolute Gasteiger partial charge is 0.372 e. The highest BCUT2D eigenvalue weighted by Gasteiger charge is 2.20. The summed E-state index contributed by atoms with van der Waals surface area (Å²) in [7, 11) is 1.96. The Balaban J connectivity index is 1.66. The molecule has 0 spiro atoms. The molecular formula is C23H33N5OS. The summed E-state index contributed by atoms with van der Waals surface area (Å²) in [6.07, 6.45) is 6.69. The zero-order valence-corrected chi connectivity index (χ0v) is 19.4. The molecule has 1 amide bonds. The van der Waals surface area contributed by atoms with Crippen LogP contribution in [0.4, 0.5) is 5.69 Å². The number of rotatable bonds is 9. The smallest absolute Gasteiger partial charge is 0.237 e. The fourth-order valence-electron chi connectivity index (χ4n) is 3.91. The number of aromatic nitrogens is 3. The van der Waals surface area contributed by atoms with Gasteiger partial charge in [-0.05, 0) is 70.7 Å². The molecule has 0 N–H and O–H groups in total. The summed E-state index contributed by atoms with van der Waals surface area (Å²) in [6.45, 7) is 9.06. The number of benzene rings is 1. The predicted octanol–water partition coefficient (Wildman–Crippen LogP) is 4.73. The summed E-state index contributed by atoms with van der Waals surface area (Å²) < 4.78 is 1.97. The summed E-state index contributed by atoms with van der Waals surface area (Å²) in [5, 5.41) is 9.47. The average Bonchev–Trinajstić information content (AvgIpc) is 3.15. The molecule has 0 saturated carbocycles. The Morgan fingerprint density at radius 2 is 1.80 bits per heavy atom. The van der Waals surface area contributed by atoms with E-state index in [2.05, 4.69) is 59.3 Å². The van der Waals surface area contributed by atoms with Crippen LogP contribution in [0.15, 0.2) is 41.2 Å². The van der Waals surface area contributed by atoms with Gasteiger partial charge in [-0.3, -0.25) is 4.79 Å². The van der Waals surface area contributed by atoms with Gasteiger partial charge in [-0.25, -0.2) is 0 Å². The van der Waals surface area contributed by atoms with E-state index in [1.54, 1.807) is 0 Å². The van der Waals surface area contributed by atoms with Crippen molar-refractivity contribution in [3.05, 3.63) is 36.0 Å². The van der Waals surface area contributed by atoms with Gasteiger partial charge in [0.25, 0.3) is 0 Å².